The van der Waals surface area contributed by atoms with Gasteiger partial charge in [0, 0.05) is 11.4 Å². The van der Waals surface area contributed by atoms with E-state index < -0.39 is 18.1 Å². The summed E-state index contributed by atoms with van der Waals surface area (Å²) in [6, 6.07) is 0.809. The number of fused-ring (bicyclic) bond motifs is 1. The molecule has 1 aromatic rings. The van der Waals surface area contributed by atoms with Crippen LogP contribution >= 0.6 is 11.3 Å². The Morgan fingerprint density at radius 3 is 3.11 bits per heavy atom. The third kappa shape index (κ3) is 2.24. The predicted molar refractivity (Wildman–Crippen MR) is 66.7 cm³/mol. The Hall–Kier alpha value is -1.82. The average molecular weight is 267 g/mol. The monoisotopic (exact) mass is 267 g/mol. The number of ether oxygens (including phenoxy) is 1. The van der Waals surface area contributed by atoms with Crippen LogP contribution in [0.2, 0.25) is 0 Å². The van der Waals surface area contributed by atoms with Gasteiger partial charge in [0.05, 0.1) is 0 Å². The van der Waals surface area contributed by atoms with Gasteiger partial charge in [-0.3, -0.25) is 4.90 Å². The van der Waals surface area contributed by atoms with Crippen LogP contribution in [0, 0.1) is 0 Å². The molecule has 96 valence electrons. The highest BCUT2D eigenvalue weighted by Gasteiger charge is 2.37. The van der Waals surface area contributed by atoms with E-state index in [2.05, 4.69) is 6.58 Å². The quantitative estimate of drug-likeness (QED) is 0.851. The summed E-state index contributed by atoms with van der Waals surface area (Å²) in [7, 11) is 0. The molecule has 0 fully saturated rings. The van der Waals surface area contributed by atoms with Crippen molar-refractivity contribution in [3.63, 3.8) is 0 Å². The van der Waals surface area contributed by atoms with Gasteiger partial charge in [-0.2, -0.15) is 0 Å². The number of nitrogens with zero attached hydrogens (tertiary/aromatic N) is 1. The molecule has 1 aliphatic heterocycles. The normalized spacial score (nSPS) is 18.0. The molecule has 1 atom stereocenters. The van der Waals surface area contributed by atoms with Gasteiger partial charge in [0.25, 0.3) is 0 Å². The van der Waals surface area contributed by atoms with Crippen molar-refractivity contribution in [3.8, 4) is 0 Å². The Labute approximate surface area is 108 Å². The van der Waals surface area contributed by atoms with Gasteiger partial charge < -0.3 is 9.84 Å². The Balaban J connectivity index is 2.24. The van der Waals surface area contributed by atoms with E-state index in [9.17, 15) is 14.7 Å². The standard InChI is InChI=1S/C12H13NO4S/c1-2-6-17-12(16)13-5-3-9-8(4-7-18-9)10(13)11(14)15/h2,4,7,10H,1,3,5-6H2,(H,14,15). The lowest BCUT2D eigenvalue weighted by molar-refractivity contribution is -0.143. The van der Waals surface area contributed by atoms with E-state index in [4.69, 9.17) is 4.74 Å². The maximum Gasteiger partial charge on any atom is 0.411 e. The highest BCUT2D eigenvalue weighted by Crippen LogP contribution is 2.33. The molecule has 0 spiro atoms. The van der Waals surface area contributed by atoms with Crippen LogP contribution in [0.25, 0.3) is 0 Å². The number of carbonyl (C=O) groups is 2. The van der Waals surface area contributed by atoms with Crippen molar-refractivity contribution < 1.29 is 19.4 Å². The van der Waals surface area contributed by atoms with Gasteiger partial charge in [-0.25, -0.2) is 9.59 Å². The summed E-state index contributed by atoms with van der Waals surface area (Å²) in [5.74, 6) is -1.04. The first-order valence-corrected chi connectivity index (χ1v) is 6.36. The number of aliphatic carboxylic acids is 1. The molecule has 18 heavy (non-hydrogen) atoms. The van der Waals surface area contributed by atoms with Crippen molar-refractivity contribution in [1.82, 2.24) is 4.90 Å². The summed E-state index contributed by atoms with van der Waals surface area (Å²) >= 11 is 1.52. The van der Waals surface area contributed by atoms with Crippen molar-refractivity contribution in [1.29, 1.82) is 0 Å². The first-order chi connectivity index (χ1) is 8.65. The molecule has 0 saturated heterocycles. The minimum Gasteiger partial charge on any atom is -0.479 e. The zero-order valence-electron chi connectivity index (χ0n) is 9.67. The molecule has 6 heteroatoms. The average Bonchev–Trinajstić information content (AvgIpc) is 2.82. The largest absolute Gasteiger partial charge is 0.479 e. The highest BCUT2D eigenvalue weighted by molar-refractivity contribution is 7.10. The van der Waals surface area contributed by atoms with Gasteiger partial charge in [0.15, 0.2) is 6.04 Å². The van der Waals surface area contributed by atoms with Crippen molar-refractivity contribution in [2.45, 2.75) is 12.5 Å². The molecule has 1 unspecified atom stereocenters. The second kappa shape index (κ2) is 5.22. The lowest BCUT2D eigenvalue weighted by Gasteiger charge is -2.32. The molecule has 0 saturated carbocycles. The van der Waals surface area contributed by atoms with Crippen molar-refractivity contribution in [2.24, 2.45) is 0 Å². The first kappa shape index (κ1) is 12.6. The Morgan fingerprint density at radius 1 is 1.67 bits per heavy atom. The summed E-state index contributed by atoms with van der Waals surface area (Å²) in [6.07, 6.45) is 1.51. The predicted octanol–water partition coefficient (Wildman–Crippen LogP) is 2.05. The summed E-state index contributed by atoms with van der Waals surface area (Å²) in [5.41, 5.74) is 0.689. The molecule has 0 aromatic carbocycles. The molecule has 0 bridgehead atoms. The number of rotatable bonds is 3. The number of carboxylic acid groups (broad SMARTS) is 1. The number of hydrogen-bond donors (Lipinski definition) is 1. The number of thiophene rings is 1. The second-order valence-electron chi connectivity index (χ2n) is 3.85. The van der Waals surface area contributed by atoms with E-state index in [0.29, 0.717) is 18.5 Å². The fraction of sp³-hybridized carbons (Fsp3) is 0.333. The van der Waals surface area contributed by atoms with E-state index in [-0.39, 0.29) is 6.61 Å². The van der Waals surface area contributed by atoms with Gasteiger partial charge in [-0.15, -0.1) is 11.3 Å². The van der Waals surface area contributed by atoms with E-state index in [1.54, 1.807) is 6.07 Å². The SMILES string of the molecule is C=CCOC(=O)N1CCc2sccc2C1C(=O)O. The maximum absolute atomic E-state index is 11.8. The fourth-order valence-electron chi connectivity index (χ4n) is 1.99. The van der Waals surface area contributed by atoms with Crippen LogP contribution in [0.5, 0.6) is 0 Å². The molecular formula is C12H13NO4S. The maximum atomic E-state index is 11.8. The molecule has 1 aliphatic rings. The lowest BCUT2D eigenvalue weighted by Crippen LogP contribution is -2.43. The molecule has 2 heterocycles. The Bertz CT molecular complexity index is 482. The smallest absolute Gasteiger partial charge is 0.411 e. The number of amides is 1. The van der Waals surface area contributed by atoms with E-state index in [1.165, 1.54) is 22.3 Å². The molecule has 0 radical (unpaired) electrons. The van der Waals surface area contributed by atoms with Crippen LogP contribution in [0.15, 0.2) is 24.1 Å². The summed E-state index contributed by atoms with van der Waals surface area (Å²) < 4.78 is 4.91. The van der Waals surface area contributed by atoms with Gasteiger partial charge in [0.2, 0.25) is 0 Å². The molecular weight excluding hydrogens is 254 g/mol. The van der Waals surface area contributed by atoms with Crippen LogP contribution < -0.4 is 0 Å². The van der Waals surface area contributed by atoms with Crippen molar-refractivity contribution in [2.75, 3.05) is 13.2 Å². The topological polar surface area (TPSA) is 66.8 Å². The van der Waals surface area contributed by atoms with Crippen LogP contribution in [0.3, 0.4) is 0 Å². The minimum atomic E-state index is -1.04. The van der Waals surface area contributed by atoms with Gasteiger partial charge in [-0.1, -0.05) is 12.7 Å². The zero-order valence-corrected chi connectivity index (χ0v) is 10.5. The number of carbonyl (C=O) groups excluding carboxylic acids is 1. The Morgan fingerprint density at radius 2 is 2.44 bits per heavy atom. The third-order valence-electron chi connectivity index (χ3n) is 2.76. The summed E-state index contributed by atoms with van der Waals surface area (Å²) in [4.78, 5) is 25.4. The molecule has 2 rings (SSSR count). The van der Waals surface area contributed by atoms with Crippen LogP contribution in [0.4, 0.5) is 4.79 Å². The van der Waals surface area contributed by atoms with Crippen molar-refractivity contribution in [3.05, 3.63) is 34.5 Å². The molecule has 1 aromatic heterocycles. The number of hydrogen-bond acceptors (Lipinski definition) is 4. The Kier molecular flexibility index (Phi) is 3.66. The van der Waals surface area contributed by atoms with Crippen molar-refractivity contribution >= 4 is 23.4 Å². The summed E-state index contributed by atoms with van der Waals surface area (Å²) in [6.45, 7) is 3.89. The lowest BCUT2D eigenvalue weighted by atomic mass is 10.0. The molecule has 5 nitrogen and oxygen atoms in total. The molecule has 0 aliphatic carbocycles. The molecule has 1 amide bonds. The van der Waals surface area contributed by atoms with E-state index in [0.717, 1.165) is 4.88 Å². The second-order valence-corrected chi connectivity index (χ2v) is 4.85. The van der Waals surface area contributed by atoms with E-state index in [1.807, 2.05) is 5.38 Å². The summed E-state index contributed by atoms with van der Waals surface area (Å²) in [5, 5.41) is 11.1. The van der Waals surface area contributed by atoms with Gasteiger partial charge in [-0.05, 0) is 23.4 Å². The zero-order chi connectivity index (χ0) is 13.1. The van der Waals surface area contributed by atoms with Crippen LogP contribution in [0.1, 0.15) is 16.5 Å². The van der Waals surface area contributed by atoms with Gasteiger partial charge >= 0.3 is 12.1 Å². The number of carboxylic acids is 1. The fourth-order valence-corrected chi connectivity index (χ4v) is 2.90. The van der Waals surface area contributed by atoms with Gasteiger partial charge in [0.1, 0.15) is 6.61 Å². The molecule has 1 N–H and O–H groups in total. The first-order valence-electron chi connectivity index (χ1n) is 5.48. The van der Waals surface area contributed by atoms with E-state index >= 15 is 0 Å². The third-order valence-corrected chi connectivity index (χ3v) is 3.76. The van der Waals surface area contributed by atoms with Crippen LogP contribution in [-0.2, 0) is 16.0 Å². The highest BCUT2D eigenvalue weighted by atomic mass is 32.1. The van der Waals surface area contributed by atoms with Crippen LogP contribution in [-0.4, -0.2) is 35.2 Å². The minimum absolute atomic E-state index is 0.0815.